The minimum atomic E-state index is -2.23. The number of methoxy groups -OCH3 is 2. The Balaban J connectivity index is 1.91. The third-order valence-corrected chi connectivity index (χ3v) is 6.64. The Morgan fingerprint density at radius 1 is 0.765 bits per heavy atom. The molecule has 5 rings (SSSR count). The highest BCUT2D eigenvalue weighted by Gasteiger charge is 2.79. The van der Waals surface area contributed by atoms with E-state index in [1.807, 2.05) is 0 Å². The normalized spacial score (nSPS) is 21.5. The van der Waals surface area contributed by atoms with Crippen molar-refractivity contribution in [1.82, 2.24) is 0 Å². The molecule has 34 heavy (non-hydrogen) atoms. The first-order valence-electron chi connectivity index (χ1n) is 10.8. The summed E-state index contributed by atoms with van der Waals surface area (Å²) in [6.45, 7) is 0. The maximum atomic E-state index is 13.9. The molecule has 0 spiro atoms. The monoisotopic (exact) mass is 458 g/mol. The summed E-state index contributed by atoms with van der Waals surface area (Å²) >= 11 is 0. The highest BCUT2D eigenvalue weighted by atomic mass is 16.7. The predicted octanol–water partition coefficient (Wildman–Crippen LogP) is 3.51. The number of hydrogen-bond donors (Lipinski definition) is 0. The first kappa shape index (κ1) is 21.9. The smallest absolute Gasteiger partial charge is 0.328 e. The molecule has 0 saturated carbocycles. The van der Waals surface area contributed by atoms with E-state index in [0.717, 1.165) is 0 Å². The average molecular weight is 458 g/mol. The molecule has 0 unspecified atom stereocenters. The molecule has 3 aromatic rings. The minimum Gasteiger partial charge on any atom is -0.468 e. The molecule has 0 amide bonds. The SMILES string of the molecule is COC(=O)C1(C(=O)OC)[C@H]2C(=O)c3ccccc3O[C@@H]2OC1(c1ccccc1)c1ccccc1. The number of ketones is 1. The lowest BCUT2D eigenvalue weighted by Gasteiger charge is -2.42. The molecule has 0 radical (unpaired) electrons. The summed E-state index contributed by atoms with van der Waals surface area (Å²) in [5.41, 5.74) is -2.79. The quantitative estimate of drug-likeness (QED) is 0.437. The van der Waals surface area contributed by atoms with Crippen molar-refractivity contribution in [3.05, 3.63) is 102 Å². The van der Waals surface area contributed by atoms with Crippen LogP contribution in [-0.4, -0.2) is 38.2 Å². The number of fused-ring (bicyclic) bond motifs is 2. The van der Waals surface area contributed by atoms with Crippen LogP contribution in [0.5, 0.6) is 5.75 Å². The zero-order chi connectivity index (χ0) is 23.9. The van der Waals surface area contributed by atoms with E-state index >= 15 is 0 Å². The number of ether oxygens (including phenoxy) is 4. The molecule has 0 N–H and O–H groups in total. The van der Waals surface area contributed by atoms with Gasteiger partial charge in [-0.3, -0.25) is 14.4 Å². The van der Waals surface area contributed by atoms with Gasteiger partial charge in [0.15, 0.2) is 11.4 Å². The summed E-state index contributed by atoms with van der Waals surface area (Å²) in [7, 11) is 2.34. The summed E-state index contributed by atoms with van der Waals surface area (Å²) in [6.07, 6.45) is -1.25. The van der Waals surface area contributed by atoms with Crippen LogP contribution in [0.1, 0.15) is 21.5 Å². The van der Waals surface area contributed by atoms with E-state index in [9.17, 15) is 14.4 Å². The molecule has 2 heterocycles. The van der Waals surface area contributed by atoms with Gasteiger partial charge < -0.3 is 18.9 Å². The lowest BCUT2D eigenvalue weighted by Crippen LogP contribution is -2.60. The van der Waals surface area contributed by atoms with Gasteiger partial charge in [0.25, 0.3) is 0 Å². The fraction of sp³-hybridized carbons (Fsp3) is 0.222. The Labute approximate surface area is 196 Å². The summed E-state index contributed by atoms with van der Waals surface area (Å²) in [6, 6.07) is 24.3. The molecule has 0 aromatic heterocycles. The van der Waals surface area contributed by atoms with Crippen LogP contribution in [0.15, 0.2) is 84.9 Å². The van der Waals surface area contributed by atoms with Crippen LogP contribution in [0.3, 0.4) is 0 Å². The van der Waals surface area contributed by atoms with Crippen LogP contribution in [0.25, 0.3) is 0 Å². The van der Waals surface area contributed by atoms with Crippen LogP contribution in [-0.2, 0) is 29.4 Å². The van der Waals surface area contributed by atoms with E-state index in [2.05, 4.69) is 0 Å². The standard InChI is InChI=1S/C27H22O7/c1-31-24(29)26(25(30)32-2)21-22(28)19-15-9-10-16-20(19)33-23(21)34-27(26,17-11-5-3-6-12-17)18-13-7-4-8-14-18/h3-16,21,23H,1-2H3/t21-,23+/m0/s1. The molecule has 0 bridgehead atoms. The zero-order valence-corrected chi connectivity index (χ0v) is 18.6. The van der Waals surface area contributed by atoms with Gasteiger partial charge in [-0.15, -0.1) is 0 Å². The van der Waals surface area contributed by atoms with Crippen molar-refractivity contribution in [2.45, 2.75) is 11.9 Å². The van der Waals surface area contributed by atoms with Gasteiger partial charge in [0.1, 0.15) is 11.7 Å². The average Bonchev–Trinajstić information content (AvgIpc) is 3.21. The van der Waals surface area contributed by atoms with Crippen molar-refractivity contribution >= 4 is 17.7 Å². The summed E-state index contributed by atoms with van der Waals surface area (Å²) in [4.78, 5) is 41.5. The molecule has 1 fully saturated rings. The molecular weight excluding hydrogens is 436 g/mol. The second-order valence-corrected chi connectivity index (χ2v) is 8.15. The lowest BCUT2D eigenvalue weighted by molar-refractivity contribution is -0.184. The third-order valence-electron chi connectivity index (χ3n) is 6.64. The van der Waals surface area contributed by atoms with Crippen LogP contribution < -0.4 is 4.74 Å². The molecule has 2 aliphatic heterocycles. The first-order valence-corrected chi connectivity index (χ1v) is 10.8. The van der Waals surface area contributed by atoms with E-state index in [-0.39, 0.29) is 5.56 Å². The molecule has 7 nitrogen and oxygen atoms in total. The van der Waals surface area contributed by atoms with Crippen molar-refractivity contribution < 1.29 is 33.3 Å². The van der Waals surface area contributed by atoms with Crippen LogP contribution in [0, 0.1) is 11.3 Å². The van der Waals surface area contributed by atoms with Gasteiger partial charge in [-0.25, -0.2) is 0 Å². The molecule has 1 saturated heterocycles. The summed E-state index contributed by atoms with van der Waals surface area (Å²) < 4.78 is 23.1. The molecule has 2 atom stereocenters. The fourth-order valence-corrected chi connectivity index (χ4v) is 5.29. The van der Waals surface area contributed by atoms with Crippen LogP contribution >= 0.6 is 0 Å². The second kappa shape index (κ2) is 8.11. The number of Topliss-reactive ketones (excluding diaryl/α,β-unsaturated/α-hetero) is 1. The number of para-hydroxylation sites is 1. The van der Waals surface area contributed by atoms with E-state index < -0.39 is 40.9 Å². The van der Waals surface area contributed by atoms with Gasteiger partial charge in [0.05, 0.1) is 19.8 Å². The molecule has 0 aliphatic carbocycles. The first-order chi connectivity index (χ1) is 16.5. The number of carbonyl (C=O) groups is 3. The molecule has 2 aliphatic rings. The van der Waals surface area contributed by atoms with Crippen LogP contribution in [0.2, 0.25) is 0 Å². The minimum absolute atomic E-state index is 0.251. The topological polar surface area (TPSA) is 88.1 Å². The number of hydrogen-bond acceptors (Lipinski definition) is 7. The Hall–Kier alpha value is -3.97. The van der Waals surface area contributed by atoms with E-state index in [0.29, 0.717) is 16.9 Å². The van der Waals surface area contributed by atoms with Gasteiger partial charge in [0, 0.05) is 0 Å². The van der Waals surface area contributed by atoms with Crippen molar-refractivity contribution in [1.29, 1.82) is 0 Å². The third kappa shape index (κ3) is 2.70. The van der Waals surface area contributed by atoms with E-state index in [1.165, 1.54) is 14.2 Å². The molecule has 3 aromatic carbocycles. The van der Waals surface area contributed by atoms with Crippen molar-refractivity contribution in [3.8, 4) is 5.75 Å². The number of benzene rings is 3. The van der Waals surface area contributed by atoms with Gasteiger partial charge in [-0.05, 0) is 23.3 Å². The zero-order valence-electron chi connectivity index (χ0n) is 18.6. The van der Waals surface area contributed by atoms with E-state index in [1.54, 1.807) is 84.9 Å². The Bertz CT molecular complexity index is 1200. The maximum absolute atomic E-state index is 13.9. The molecule has 7 heteroatoms. The Kier molecular flexibility index (Phi) is 5.21. The summed E-state index contributed by atoms with van der Waals surface area (Å²) in [5.74, 6) is -3.40. The van der Waals surface area contributed by atoms with Crippen molar-refractivity contribution in [3.63, 3.8) is 0 Å². The maximum Gasteiger partial charge on any atom is 0.328 e. The number of carbonyl (C=O) groups excluding carboxylic acids is 3. The number of rotatable bonds is 4. The van der Waals surface area contributed by atoms with Gasteiger partial charge in [-0.1, -0.05) is 72.8 Å². The largest absolute Gasteiger partial charge is 0.468 e. The Morgan fingerprint density at radius 3 is 1.79 bits per heavy atom. The second-order valence-electron chi connectivity index (χ2n) is 8.15. The Morgan fingerprint density at radius 2 is 1.26 bits per heavy atom. The highest BCUT2D eigenvalue weighted by molar-refractivity contribution is 6.13. The molecule has 172 valence electrons. The van der Waals surface area contributed by atoms with Gasteiger partial charge in [-0.2, -0.15) is 0 Å². The summed E-state index contributed by atoms with van der Waals surface area (Å²) in [5, 5.41) is 0. The van der Waals surface area contributed by atoms with Gasteiger partial charge in [0.2, 0.25) is 11.7 Å². The highest BCUT2D eigenvalue weighted by Crippen LogP contribution is 2.63. The van der Waals surface area contributed by atoms with Crippen LogP contribution in [0.4, 0.5) is 0 Å². The fourth-order valence-electron chi connectivity index (χ4n) is 5.29. The van der Waals surface area contributed by atoms with E-state index in [4.69, 9.17) is 18.9 Å². The van der Waals surface area contributed by atoms with Gasteiger partial charge >= 0.3 is 11.9 Å². The van der Waals surface area contributed by atoms with Crippen molar-refractivity contribution in [2.75, 3.05) is 14.2 Å². The molecular formula is C27H22O7. The predicted molar refractivity (Wildman–Crippen MR) is 120 cm³/mol. The van der Waals surface area contributed by atoms with Crippen molar-refractivity contribution in [2.24, 2.45) is 11.3 Å². The number of esters is 2. The lowest BCUT2D eigenvalue weighted by atomic mass is 9.58.